The van der Waals surface area contributed by atoms with Gasteiger partial charge in [0.15, 0.2) is 34.9 Å². The lowest BCUT2D eigenvalue weighted by molar-refractivity contribution is 1.07. The third kappa shape index (κ3) is 7.14. The summed E-state index contributed by atoms with van der Waals surface area (Å²) in [6.45, 7) is 0. The zero-order valence-electron chi connectivity index (χ0n) is 31.3. The summed E-state index contributed by atoms with van der Waals surface area (Å²) in [6.07, 6.45) is 0. The van der Waals surface area contributed by atoms with Crippen LogP contribution in [-0.4, -0.2) is 29.9 Å². The molecule has 0 aliphatic carbocycles. The summed E-state index contributed by atoms with van der Waals surface area (Å²) < 4.78 is 0. The second kappa shape index (κ2) is 15.3. The molecule has 0 aliphatic heterocycles. The standard InChI is InChI=1S/C52H34N6/c1-5-13-37(14-6-1)47-53-48(38-15-7-2-8-16-38)56-51(55-47)41-25-21-35(22-26-41)43-29-31-46-34-44(30-32-45(46)33-43)36-23-27-42(28-24-36)52-57-49(39-17-9-3-10-18-39)54-50(58-52)40-19-11-4-12-20-40/h1-34H. The Morgan fingerprint density at radius 1 is 0.172 bits per heavy atom. The van der Waals surface area contributed by atoms with Crippen molar-refractivity contribution in [1.82, 2.24) is 29.9 Å². The van der Waals surface area contributed by atoms with E-state index in [4.69, 9.17) is 29.9 Å². The van der Waals surface area contributed by atoms with Crippen LogP contribution in [0.3, 0.4) is 0 Å². The van der Waals surface area contributed by atoms with Crippen molar-refractivity contribution >= 4 is 10.8 Å². The second-order valence-electron chi connectivity index (χ2n) is 14.0. The van der Waals surface area contributed by atoms with Gasteiger partial charge in [0.05, 0.1) is 0 Å². The molecule has 0 fully saturated rings. The first-order valence-corrected chi connectivity index (χ1v) is 19.2. The highest BCUT2D eigenvalue weighted by atomic mass is 15.0. The molecular formula is C52H34N6. The zero-order valence-corrected chi connectivity index (χ0v) is 31.3. The topological polar surface area (TPSA) is 77.3 Å². The molecule has 58 heavy (non-hydrogen) atoms. The van der Waals surface area contributed by atoms with E-state index >= 15 is 0 Å². The predicted molar refractivity (Wildman–Crippen MR) is 234 cm³/mol. The highest BCUT2D eigenvalue weighted by Gasteiger charge is 2.14. The van der Waals surface area contributed by atoms with E-state index < -0.39 is 0 Å². The van der Waals surface area contributed by atoms with Crippen molar-refractivity contribution in [2.45, 2.75) is 0 Å². The predicted octanol–water partition coefficient (Wildman–Crippen LogP) is 12.5. The molecule has 6 nitrogen and oxygen atoms in total. The van der Waals surface area contributed by atoms with Crippen molar-refractivity contribution in [2.75, 3.05) is 0 Å². The molecule has 0 N–H and O–H groups in total. The van der Waals surface area contributed by atoms with Crippen LogP contribution in [0.15, 0.2) is 206 Å². The SMILES string of the molecule is c1ccc(-c2nc(-c3ccccc3)nc(-c3ccc(-c4ccc5cc(-c6ccc(-c7nc(-c8ccccc8)nc(-c8ccccc8)n7)cc6)ccc5c4)cc3)n2)cc1. The number of aromatic nitrogens is 6. The van der Waals surface area contributed by atoms with E-state index in [9.17, 15) is 0 Å². The molecule has 2 aromatic heterocycles. The summed E-state index contributed by atoms with van der Waals surface area (Å²) in [5.41, 5.74) is 10.2. The third-order valence-corrected chi connectivity index (χ3v) is 10.2. The van der Waals surface area contributed by atoms with Gasteiger partial charge in [0.25, 0.3) is 0 Å². The van der Waals surface area contributed by atoms with E-state index in [2.05, 4.69) is 84.9 Å². The highest BCUT2D eigenvalue weighted by molar-refractivity contribution is 5.91. The first kappa shape index (κ1) is 34.5. The quantitative estimate of drug-likeness (QED) is 0.154. The Hall–Kier alpha value is -7.96. The smallest absolute Gasteiger partial charge is 0.164 e. The molecule has 0 spiro atoms. The molecule has 272 valence electrons. The van der Waals surface area contributed by atoms with Gasteiger partial charge in [0, 0.05) is 33.4 Å². The van der Waals surface area contributed by atoms with E-state index in [1.165, 1.54) is 10.8 Å². The minimum absolute atomic E-state index is 0.639. The molecule has 10 aromatic rings. The summed E-state index contributed by atoms with van der Waals surface area (Å²) >= 11 is 0. The molecule has 0 amide bonds. The van der Waals surface area contributed by atoms with Crippen molar-refractivity contribution in [3.8, 4) is 90.6 Å². The largest absolute Gasteiger partial charge is 0.208 e. The molecule has 0 saturated carbocycles. The molecule has 10 rings (SSSR count). The number of nitrogens with zero attached hydrogens (tertiary/aromatic N) is 6. The number of benzene rings is 8. The number of fused-ring (bicyclic) bond motifs is 1. The Bertz CT molecular complexity index is 2680. The van der Waals surface area contributed by atoms with Crippen LogP contribution in [0.1, 0.15) is 0 Å². The zero-order chi connectivity index (χ0) is 38.7. The van der Waals surface area contributed by atoms with Gasteiger partial charge in [0.2, 0.25) is 0 Å². The van der Waals surface area contributed by atoms with Crippen LogP contribution in [0, 0.1) is 0 Å². The van der Waals surface area contributed by atoms with Crippen molar-refractivity contribution in [3.63, 3.8) is 0 Å². The average Bonchev–Trinajstić information content (AvgIpc) is 3.32. The first-order valence-electron chi connectivity index (χ1n) is 19.2. The van der Waals surface area contributed by atoms with Gasteiger partial charge >= 0.3 is 0 Å². The first-order chi connectivity index (χ1) is 28.7. The Balaban J connectivity index is 0.914. The van der Waals surface area contributed by atoms with Crippen LogP contribution >= 0.6 is 0 Å². The minimum Gasteiger partial charge on any atom is -0.208 e. The van der Waals surface area contributed by atoms with Gasteiger partial charge in [-0.2, -0.15) is 0 Å². The van der Waals surface area contributed by atoms with E-state index in [0.717, 1.165) is 55.6 Å². The normalized spacial score (nSPS) is 11.1. The lowest BCUT2D eigenvalue weighted by Crippen LogP contribution is -2.00. The lowest BCUT2D eigenvalue weighted by atomic mass is 9.97. The molecule has 0 unspecified atom stereocenters. The van der Waals surface area contributed by atoms with E-state index in [1.54, 1.807) is 0 Å². The summed E-state index contributed by atoms with van der Waals surface area (Å²) in [5, 5.41) is 2.35. The van der Waals surface area contributed by atoms with Crippen LogP contribution in [0.5, 0.6) is 0 Å². The lowest BCUT2D eigenvalue weighted by Gasteiger charge is -2.10. The van der Waals surface area contributed by atoms with Crippen LogP contribution < -0.4 is 0 Å². The molecular weight excluding hydrogens is 709 g/mol. The van der Waals surface area contributed by atoms with Crippen molar-refractivity contribution in [2.24, 2.45) is 0 Å². The summed E-state index contributed by atoms with van der Waals surface area (Å²) in [4.78, 5) is 29.2. The number of rotatable bonds is 8. The van der Waals surface area contributed by atoms with Gasteiger partial charge in [-0.1, -0.05) is 194 Å². The van der Waals surface area contributed by atoms with E-state index in [-0.39, 0.29) is 0 Å². The summed E-state index contributed by atoms with van der Waals surface area (Å²) in [7, 11) is 0. The maximum Gasteiger partial charge on any atom is 0.164 e. The minimum atomic E-state index is 0.639. The summed E-state index contributed by atoms with van der Waals surface area (Å²) in [5.74, 6) is 3.87. The monoisotopic (exact) mass is 742 g/mol. The molecule has 0 aliphatic rings. The maximum absolute atomic E-state index is 4.89. The third-order valence-electron chi connectivity index (χ3n) is 10.2. The molecule has 0 radical (unpaired) electrons. The van der Waals surface area contributed by atoms with E-state index in [1.807, 2.05) is 121 Å². The van der Waals surface area contributed by atoms with Crippen LogP contribution in [0.25, 0.3) is 101 Å². The van der Waals surface area contributed by atoms with Gasteiger partial charge in [-0.15, -0.1) is 0 Å². The van der Waals surface area contributed by atoms with Crippen molar-refractivity contribution in [3.05, 3.63) is 206 Å². The summed E-state index contributed by atoms with van der Waals surface area (Å²) in [6, 6.07) is 70.4. The van der Waals surface area contributed by atoms with Gasteiger partial charge in [-0.25, -0.2) is 29.9 Å². The molecule has 0 atom stereocenters. The molecule has 0 bridgehead atoms. The fraction of sp³-hybridized carbons (Fsp3) is 0. The van der Waals surface area contributed by atoms with Crippen molar-refractivity contribution < 1.29 is 0 Å². The van der Waals surface area contributed by atoms with Crippen LogP contribution in [-0.2, 0) is 0 Å². The Morgan fingerprint density at radius 3 is 0.638 bits per heavy atom. The highest BCUT2D eigenvalue weighted by Crippen LogP contribution is 2.32. The fourth-order valence-electron chi connectivity index (χ4n) is 7.10. The number of hydrogen-bond acceptors (Lipinski definition) is 6. The Labute approximate surface area is 336 Å². The fourth-order valence-corrected chi connectivity index (χ4v) is 7.10. The number of hydrogen-bond donors (Lipinski definition) is 0. The molecule has 0 saturated heterocycles. The average molecular weight is 743 g/mol. The second-order valence-corrected chi connectivity index (χ2v) is 14.0. The molecule has 6 heteroatoms. The maximum atomic E-state index is 4.89. The Morgan fingerprint density at radius 2 is 0.379 bits per heavy atom. The van der Waals surface area contributed by atoms with E-state index in [0.29, 0.717) is 34.9 Å². The van der Waals surface area contributed by atoms with Gasteiger partial charge < -0.3 is 0 Å². The Kier molecular flexibility index (Phi) is 9.10. The van der Waals surface area contributed by atoms with Gasteiger partial charge in [0.1, 0.15) is 0 Å². The molecule has 2 heterocycles. The molecule has 8 aromatic carbocycles. The van der Waals surface area contributed by atoms with Crippen LogP contribution in [0.4, 0.5) is 0 Å². The van der Waals surface area contributed by atoms with Crippen molar-refractivity contribution in [1.29, 1.82) is 0 Å². The van der Waals surface area contributed by atoms with Gasteiger partial charge in [-0.3, -0.25) is 0 Å². The van der Waals surface area contributed by atoms with Crippen LogP contribution in [0.2, 0.25) is 0 Å². The van der Waals surface area contributed by atoms with Gasteiger partial charge in [-0.05, 0) is 45.2 Å².